The highest BCUT2D eigenvalue weighted by molar-refractivity contribution is 7.20. The molecular formula is C84H56N4Si. The number of hydrogen-bond acceptors (Lipinski definition) is 0. The molecule has 18 rings (SSSR count). The molecule has 14 aromatic carbocycles. The molecule has 416 valence electrons. The molecule has 0 saturated heterocycles. The van der Waals surface area contributed by atoms with Gasteiger partial charge in [0.25, 0.3) is 0 Å². The van der Waals surface area contributed by atoms with Crippen LogP contribution in [0.5, 0.6) is 0 Å². The summed E-state index contributed by atoms with van der Waals surface area (Å²) < 4.78 is 10.1. The third-order valence-corrected chi connectivity index (χ3v) is 23.6. The lowest BCUT2D eigenvalue weighted by atomic mass is 10.1. The summed E-state index contributed by atoms with van der Waals surface area (Å²) in [6.45, 7) is 0. The Balaban J connectivity index is 1.05. The van der Waals surface area contributed by atoms with Crippen LogP contribution in [0.1, 0.15) is 0 Å². The lowest BCUT2D eigenvalue weighted by molar-refractivity contribution is 1.14. The smallest absolute Gasteiger partial charge is 0.179 e. The van der Waals surface area contributed by atoms with E-state index in [4.69, 9.17) is 0 Å². The van der Waals surface area contributed by atoms with E-state index in [-0.39, 0.29) is 0 Å². The molecule has 4 heterocycles. The van der Waals surface area contributed by atoms with E-state index in [1.807, 2.05) is 0 Å². The molecule has 0 atom stereocenters. The number of hydrogen-bond donors (Lipinski definition) is 0. The first-order valence-electron chi connectivity index (χ1n) is 30.7. The molecule has 0 saturated carbocycles. The van der Waals surface area contributed by atoms with Crippen molar-refractivity contribution in [2.45, 2.75) is 0 Å². The molecule has 18 aromatic rings. The van der Waals surface area contributed by atoms with Gasteiger partial charge in [-0.15, -0.1) is 0 Å². The van der Waals surface area contributed by atoms with E-state index in [1.165, 1.54) is 86.1 Å². The number of rotatable bonds is 10. The standard InChI is InChI=1S/C84H56N4Si/c1-3-23-57(24-4-1)59-43-47-65(48-44-59)89(66-49-45-60(46-50-66)58-25-5-2-6-26-58,67-53-61(85-77-35-15-7-27-69(77)70-28-8-16-36-78(70)85)51-62(54-67)86-79-37-17-9-29-71(79)72-30-10-18-38-80(72)86)68-55-63(87-81-39-19-11-31-73(81)74-32-12-20-40-82(74)87)52-64(56-68)88-83-41-21-13-33-75(83)76-34-14-22-42-84(76)88/h1-56H. The SMILES string of the molecule is c1ccc(-c2ccc([Si](c3ccc(-c4ccccc4)cc3)(c3cc(-n4c5ccccc5c5ccccc54)cc(-n4c5ccccc5c5ccccc54)c3)c3cc(-n4c5ccccc5c5ccccc54)cc(-n4c5ccccc5c5ccccc54)c3)cc2)cc1. The fourth-order valence-corrected chi connectivity index (χ4v) is 19.8. The van der Waals surface area contributed by atoms with Crippen molar-refractivity contribution in [2.24, 2.45) is 0 Å². The van der Waals surface area contributed by atoms with Crippen molar-refractivity contribution in [1.82, 2.24) is 18.3 Å². The molecule has 89 heavy (non-hydrogen) atoms. The zero-order chi connectivity index (χ0) is 58.6. The number of benzene rings is 14. The molecule has 0 bridgehead atoms. The first kappa shape index (κ1) is 50.8. The zero-order valence-electron chi connectivity index (χ0n) is 48.6. The van der Waals surface area contributed by atoms with Crippen LogP contribution < -0.4 is 20.7 Å². The molecule has 0 aliphatic heterocycles. The van der Waals surface area contributed by atoms with Gasteiger partial charge in [0, 0.05) is 65.8 Å². The Hall–Kier alpha value is -11.5. The van der Waals surface area contributed by atoms with E-state index in [1.54, 1.807) is 0 Å². The second kappa shape index (κ2) is 20.3. The van der Waals surface area contributed by atoms with Crippen molar-refractivity contribution < 1.29 is 0 Å². The van der Waals surface area contributed by atoms with Crippen molar-refractivity contribution in [3.8, 4) is 45.0 Å². The zero-order valence-corrected chi connectivity index (χ0v) is 49.6. The molecule has 0 spiro atoms. The summed E-state index contributed by atoms with van der Waals surface area (Å²) in [5.41, 5.74) is 18.4. The second-order valence-electron chi connectivity index (χ2n) is 23.6. The molecule has 5 heteroatoms. The van der Waals surface area contributed by atoms with Crippen LogP contribution in [0, 0.1) is 0 Å². The van der Waals surface area contributed by atoms with Gasteiger partial charge in [0.1, 0.15) is 0 Å². The van der Waals surface area contributed by atoms with Crippen LogP contribution >= 0.6 is 0 Å². The van der Waals surface area contributed by atoms with Crippen molar-refractivity contribution in [3.05, 3.63) is 340 Å². The van der Waals surface area contributed by atoms with Gasteiger partial charge in [0.15, 0.2) is 8.07 Å². The van der Waals surface area contributed by atoms with Crippen LogP contribution in [0.4, 0.5) is 0 Å². The van der Waals surface area contributed by atoms with Crippen LogP contribution in [0.15, 0.2) is 340 Å². The lowest BCUT2D eigenvalue weighted by Crippen LogP contribution is -2.75. The third kappa shape index (κ3) is 7.85. The topological polar surface area (TPSA) is 19.7 Å². The average Bonchev–Trinajstić information content (AvgIpc) is 1.74. The summed E-state index contributed by atoms with van der Waals surface area (Å²) in [6, 6.07) is 128. The minimum Gasteiger partial charge on any atom is -0.309 e. The minimum absolute atomic E-state index is 1.09. The van der Waals surface area contributed by atoms with Gasteiger partial charge in [0.05, 0.1) is 44.1 Å². The molecule has 0 aliphatic rings. The summed E-state index contributed by atoms with van der Waals surface area (Å²) >= 11 is 0. The Bertz CT molecular complexity index is 4950. The predicted molar refractivity (Wildman–Crippen MR) is 378 cm³/mol. The Labute approximate surface area is 515 Å². The van der Waals surface area contributed by atoms with Crippen molar-refractivity contribution in [3.63, 3.8) is 0 Å². The lowest BCUT2D eigenvalue weighted by Gasteiger charge is -2.36. The number of para-hydroxylation sites is 8. The Morgan fingerprint density at radius 3 is 0.573 bits per heavy atom. The van der Waals surface area contributed by atoms with Crippen molar-refractivity contribution >= 4 is 116 Å². The normalized spacial score (nSPS) is 12.0. The van der Waals surface area contributed by atoms with Gasteiger partial charge >= 0.3 is 0 Å². The van der Waals surface area contributed by atoms with E-state index in [9.17, 15) is 0 Å². The Morgan fingerprint density at radius 1 is 0.157 bits per heavy atom. The highest BCUT2D eigenvalue weighted by atomic mass is 28.3. The number of fused-ring (bicyclic) bond motifs is 12. The summed E-state index contributed by atoms with van der Waals surface area (Å²) in [7, 11) is -3.72. The molecule has 0 aliphatic carbocycles. The Kier molecular flexibility index (Phi) is 11.6. The van der Waals surface area contributed by atoms with Crippen LogP contribution in [0.25, 0.3) is 132 Å². The molecule has 4 aromatic heterocycles. The largest absolute Gasteiger partial charge is 0.309 e. The monoisotopic (exact) mass is 1150 g/mol. The number of aromatic nitrogens is 4. The second-order valence-corrected chi connectivity index (χ2v) is 27.4. The molecule has 0 radical (unpaired) electrons. The highest BCUT2D eigenvalue weighted by Crippen LogP contribution is 2.39. The average molecular weight is 1150 g/mol. The van der Waals surface area contributed by atoms with Gasteiger partial charge in [-0.25, -0.2) is 0 Å². The minimum atomic E-state index is -3.72. The van der Waals surface area contributed by atoms with Crippen LogP contribution in [-0.2, 0) is 0 Å². The van der Waals surface area contributed by atoms with E-state index >= 15 is 0 Å². The van der Waals surface area contributed by atoms with Crippen molar-refractivity contribution in [1.29, 1.82) is 0 Å². The highest BCUT2D eigenvalue weighted by Gasteiger charge is 2.43. The molecule has 4 nitrogen and oxygen atoms in total. The van der Waals surface area contributed by atoms with Gasteiger partial charge in [-0.05, 0) is 128 Å². The molecular weight excluding hydrogens is 1090 g/mol. The molecule has 0 unspecified atom stereocenters. The molecule has 0 N–H and O–H groups in total. The van der Waals surface area contributed by atoms with Crippen LogP contribution in [0.2, 0.25) is 0 Å². The summed E-state index contributed by atoms with van der Waals surface area (Å²) in [5.74, 6) is 0. The van der Waals surface area contributed by atoms with Crippen LogP contribution in [0.3, 0.4) is 0 Å². The predicted octanol–water partition coefficient (Wildman–Crippen LogP) is 18.8. The maximum Gasteiger partial charge on any atom is 0.179 e. The van der Waals surface area contributed by atoms with E-state index in [0.717, 1.165) is 66.9 Å². The summed E-state index contributed by atoms with van der Waals surface area (Å²) in [6.07, 6.45) is 0. The summed E-state index contributed by atoms with van der Waals surface area (Å²) in [5, 5.41) is 14.8. The summed E-state index contributed by atoms with van der Waals surface area (Å²) in [4.78, 5) is 0. The maximum atomic E-state index is 2.58. The fraction of sp³-hybridized carbons (Fsp3) is 0. The van der Waals surface area contributed by atoms with Crippen LogP contribution in [-0.4, -0.2) is 26.3 Å². The van der Waals surface area contributed by atoms with Gasteiger partial charge in [-0.3, -0.25) is 0 Å². The van der Waals surface area contributed by atoms with Gasteiger partial charge in [-0.1, -0.05) is 255 Å². The van der Waals surface area contributed by atoms with Gasteiger partial charge < -0.3 is 18.3 Å². The maximum absolute atomic E-state index is 3.72. The number of nitrogens with zero attached hydrogens (tertiary/aromatic N) is 4. The van der Waals surface area contributed by atoms with Gasteiger partial charge in [0.2, 0.25) is 0 Å². The van der Waals surface area contributed by atoms with E-state index in [2.05, 4.69) is 358 Å². The fourth-order valence-electron chi connectivity index (χ4n) is 15.0. The quantitative estimate of drug-likeness (QED) is 0.0961. The molecule has 0 fully saturated rings. The first-order valence-corrected chi connectivity index (χ1v) is 32.7. The molecule has 0 amide bonds. The van der Waals surface area contributed by atoms with E-state index < -0.39 is 8.07 Å². The van der Waals surface area contributed by atoms with Crippen molar-refractivity contribution in [2.75, 3.05) is 0 Å². The third-order valence-electron chi connectivity index (χ3n) is 18.9. The van der Waals surface area contributed by atoms with Gasteiger partial charge in [-0.2, -0.15) is 0 Å². The van der Waals surface area contributed by atoms with E-state index in [0.29, 0.717) is 0 Å². The Morgan fingerprint density at radius 2 is 0.348 bits per heavy atom. The first-order chi connectivity index (χ1) is 44.2.